The first-order valence-corrected chi connectivity index (χ1v) is 9.74. The van der Waals surface area contributed by atoms with Crippen LogP contribution in [0.2, 0.25) is 0 Å². The van der Waals surface area contributed by atoms with Crippen molar-refractivity contribution >= 4 is 10.8 Å². The number of nitrogens with zero attached hydrogens (tertiary/aromatic N) is 1. The Labute approximate surface area is 163 Å². The van der Waals surface area contributed by atoms with Crippen molar-refractivity contribution in [3.8, 4) is 11.5 Å². The van der Waals surface area contributed by atoms with Crippen molar-refractivity contribution in [2.24, 2.45) is 5.92 Å². The van der Waals surface area contributed by atoms with Crippen LogP contribution in [-0.2, 0) is 6.42 Å². The smallest absolute Gasteiger partial charge is 0.172 e. The zero-order valence-electron chi connectivity index (χ0n) is 15.7. The Morgan fingerprint density at radius 2 is 2.04 bits per heavy atom. The standard InChI is InChI=1S/C23H24FNO3/c24-23-21-9-8-20(27-14-17-3-4-17)12-18(21)6-10-22(23)28-15-19(26)7-5-16-2-1-11-25-13-16/h1-2,6,8-13,17,19,26H,3-5,7,14-15H2/t19-/m1/s1. The molecule has 1 aliphatic rings. The van der Waals surface area contributed by atoms with Gasteiger partial charge in [-0.15, -0.1) is 0 Å². The number of hydrogen-bond acceptors (Lipinski definition) is 4. The van der Waals surface area contributed by atoms with Crippen molar-refractivity contribution < 1.29 is 19.0 Å². The van der Waals surface area contributed by atoms with Gasteiger partial charge >= 0.3 is 0 Å². The number of fused-ring (bicyclic) bond motifs is 1. The molecule has 1 heterocycles. The maximum absolute atomic E-state index is 14.8. The van der Waals surface area contributed by atoms with Gasteiger partial charge in [-0.25, -0.2) is 4.39 Å². The van der Waals surface area contributed by atoms with E-state index in [4.69, 9.17) is 9.47 Å². The number of pyridine rings is 1. The zero-order valence-corrected chi connectivity index (χ0v) is 15.7. The lowest BCUT2D eigenvalue weighted by Crippen LogP contribution is -2.18. The van der Waals surface area contributed by atoms with Crippen molar-refractivity contribution in [1.29, 1.82) is 0 Å². The molecule has 0 aliphatic heterocycles. The number of aromatic nitrogens is 1. The molecular weight excluding hydrogens is 357 g/mol. The van der Waals surface area contributed by atoms with Gasteiger partial charge in [0.1, 0.15) is 12.4 Å². The van der Waals surface area contributed by atoms with E-state index in [-0.39, 0.29) is 12.4 Å². The summed E-state index contributed by atoms with van der Waals surface area (Å²) in [5.41, 5.74) is 1.05. The van der Waals surface area contributed by atoms with E-state index in [9.17, 15) is 9.50 Å². The zero-order chi connectivity index (χ0) is 19.3. The second-order valence-electron chi connectivity index (χ2n) is 7.38. The summed E-state index contributed by atoms with van der Waals surface area (Å²) in [6.45, 7) is 0.775. The minimum atomic E-state index is -0.673. The number of halogens is 1. The van der Waals surface area contributed by atoms with Crippen molar-refractivity contribution in [3.05, 3.63) is 66.2 Å². The van der Waals surface area contributed by atoms with Crippen molar-refractivity contribution in [3.63, 3.8) is 0 Å². The molecule has 0 bridgehead atoms. The van der Waals surface area contributed by atoms with Gasteiger partial charge in [-0.05, 0) is 72.9 Å². The Morgan fingerprint density at radius 3 is 2.82 bits per heavy atom. The highest BCUT2D eigenvalue weighted by atomic mass is 19.1. The summed E-state index contributed by atoms with van der Waals surface area (Å²) in [5, 5.41) is 11.4. The van der Waals surface area contributed by atoms with Crippen LogP contribution in [-0.4, -0.2) is 29.4 Å². The molecule has 1 aromatic heterocycles. The van der Waals surface area contributed by atoms with Gasteiger partial charge in [0.25, 0.3) is 0 Å². The van der Waals surface area contributed by atoms with E-state index in [1.165, 1.54) is 12.8 Å². The van der Waals surface area contributed by atoms with E-state index in [0.717, 1.165) is 23.3 Å². The fourth-order valence-electron chi connectivity index (χ4n) is 3.10. The van der Waals surface area contributed by atoms with E-state index in [1.54, 1.807) is 30.6 Å². The molecule has 1 saturated carbocycles. The lowest BCUT2D eigenvalue weighted by Gasteiger charge is -2.14. The second kappa shape index (κ2) is 8.57. The average Bonchev–Trinajstić information content (AvgIpc) is 3.55. The molecular formula is C23H24FNO3. The number of hydrogen-bond donors (Lipinski definition) is 1. The first kappa shape index (κ1) is 18.7. The molecule has 3 aromatic rings. The molecule has 0 amide bonds. The molecule has 4 rings (SSSR count). The van der Waals surface area contributed by atoms with Gasteiger partial charge in [0.2, 0.25) is 0 Å². The molecule has 0 unspecified atom stereocenters. The van der Waals surface area contributed by atoms with Gasteiger partial charge in [-0.3, -0.25) is 4.98 Å². The van der Waals surface area contributed by atoms with E-state index in [0.29, 0.717) is 24.1 Å². The quantitative estimate of drug-likeness (QED) is 0.591. The summed E-state index contributed by atoms with van der Waals surface area (Å²) in [7, 11) is 0. The molecule has 1 aliphatic carbocycles. The molecule has 0 saturated heterocycles. The van der Waals surface area contributed by atoms with Crippen LogP contribution in [0, 0.1) is 11.7 Å². The summed E-state index contributed by atoms with van der Waals surface area (Å²) < 4.78 is 26.1. The number of aliphatic hydroxyl groups is 1. The van der Waals surface area contributed by atoms with Gasteiger partial charge in [-0.1, -0.05) is 12.1 Å². The van der Waals surface area contributed by atoms with Crippen LogP contribution in [0.3, 0.4) is 0 Å². The predicted octanol–water partition coefficient (Wildman–Crippen LogP) is 4.54. The Balaban J connectivity index is 1.35. The third-order valence-electron chi connectivity index (χ3n) is 4.99. The van der Waals surface area contributed by atoms with Gasteiger partial charge < -0.3 is 14.6 Å². The highest BCUT2D eigenvalue weighted by Crippen LogP contribution is 2.32. The van der Waals surface area contributed by atoms with Crippen LogP contribution >= 0.6 is 0 Å². The molecule has 1 atom stereocenters. The monoisotopic (exact) mass is 381 g/mol. The number of aryl methyl sites for hydroxylation is 1. The number of benzene rings is 2. The number of rotatable bonds is 9. The molecule has 1 N–H and O–H groups in total. The number of ether oxygens (including phenoxy) is 2. The highest BCUT2D eigenvalue weighted by molar-refractivity contribution is 5.86. The summed E-state index contributed by atoms with van der Waals surface area (Å²) in [4.78, 5) is 4.05. The lowest BCUT2D eigenvalue weighted by molar-refractivity contribution is 0.0982. The van der Waals surface area contributed by atoms with E-state index >= 15 is 0 Å². The van der Waals surface area contributed by atoms with Crippen molar-refractivity contribution in [2.75, 3.05) is 13.2 Å². The third kappa shape index (κ3) is 4.78. The van der Waals surface area contributed by atoms with Gasteiger partial charge in [0.05, 0.1) is 12.7 Å². The third-order valence-corrected chi connectivity index (χ3v) is 4.99. The average molecular weight is 381 g/mol. The van der Waals surface area contributed by atoms with Gasteiger partial charge in [0, 0.05) is 17.8 Å². The Kier molecular flexibility index (Phi) is 5.72. The fraction of sp³-hybridized carbons (Fsp3) is 0.348. The molecule has 146 valence electrons. The van der Waals surface area contributed by atoms with E-state index < -0.39 is 11.9 Å². The minimum Gasteiger partial charge on any atom is -0.493 e. The maximum atomic E-state index is 14.8. The van der Waals surface area contributed by atoms with Crippen LogP contribution in [0.4, 0.5) is 4.39 Å². The van der Waals surface area contributed by atoms with Crippen LogP contribution < -0.4 is 9.47 Å². The van der Waals surface area contributed by atoms with Crippen LogP contribution in [0.1, 0.15) is 24.8 Å². The highest BCUT2D eigenvalue weighted by Gasteiger charge is 2.22. The molecule has 0 spiro atoms. The van der Waals surface area contributed by atoms with Crippen LogP contribution in [0.15, 0.2) is 54.9 Å². The normalized spacial score (nSPS) is 14.8. The minimum absolute atomic E-state index is 0.0469. The van der Waals surface area contributed by atoms with E-state index in [2.05, 4.69) is 4.98 Å². The van der Waals surface area contributed by atoms with Gasteiger partial charge in [-0.2, -0.15) is 0 Å². The molecule has 1 fully saturated rings. The molecule has 5 heteroatoms. The maximum Gasteiger partial charge on any atom is 0.172 e. The second-order valence-corrected chi connectivity index (χ2v) is 7.38. The van der Waals surface area contributed by atoms with Crippen molar-refractivity contribution in [2.45, 2.75) is 31.8 Å². The van der Waals surface area contributed by atoms with Gasteiger partial charge in [0.15, 0.2) is 11.6 Å². The number of aliphatic hydroxyl groups excluding tert-OH is 1. The summed E-state index contributed by atoms with van der Waals surface area (Å²) >= 11 is 0. The van der Waals surface area contributed by atoms with Crippen LogP contribution in [0.5, 0.6) is 11.5 Å². The fourth-order valence-corrected chi connectivity index (χ4v) is 3.10. The topological polar surface area (TPSA) is 51.6 Å². The first-order valence-electron chi connectivity index (χ1n) is 9.74. The SMILES string of the molecule is O[C@H](CCc1cccnc1)COc1ccc2cc(OCC3CC3)ccc2c1F. The Morgan fingerprint density at radius 1 is 1.14 bits per heavy atom. The van der Waals surface area contributed by atoms with Crippen LogP contribution in [0.25, 0.3) is 10.8 Å². The van der Waals surface area contributed by atoms with Crippen molar-refractivity contribution in [1.82, 2.24) is 4.98 Å². The molecule has 2 aromatic carbocycles. The largest absolute Gasteiger partial charge is 0.493 e. The van der Waals surface area contributed by atoms with E-state index in [1.807, 2.05) is 24.3 Å². The summed E-state index contributed by atoms with van der Waals surface area (Å²) in [6, 6.07) is 12.6. The molecule has 28 heavy (non-hydrogen) atoms. The first-order chi connectivity index (χ1) is 13.7. The molecule has 0 radical (unpaired) electrons. The lowest BCUT2D eigenvalue weighted by atomic mass is 10.1. The molecule has 4 nitrogen and oxygen atoms in total. The Hall–Kier alpha value is -2.66. The summed E-state index contributed by atoms with van der Waals surface area (Å²) in [5.74, 6) is 1.18. The predicted molar refractivity (Wildman–Crippen MR) is 106 cm³/mol. The summed E-state index contributed by atoms with van der Waals surface area (Å²) in [6.07, 6.45) is 6.51. The Bertz CT molecular complexity index is 928.